The molecular formula is C18H20FN3O. The number of halogens is 1. The first-order valence-electron chi connectivity index (χ1n) is 7.66. The van der Waals surface area contributed by atoms with E-state index in [4.69, 9.17) is 0 Å². The minimum Gasteiger partial charge on any atom is -0.388 e. The van der Waals surface area contributed by atoms with Gasteiger partial charge in [0.2, 0.25) is 5.91 Å². The number of anilines is 3. The van der Waals surface area contributed by atoms with Crippen molar-refractivity contribution >= 4 is 23.0 Å². The highest BCUT2D eigenvalue weighted by molar-refractivity contribution is 5.96. The third-order valence-corrected chi connectivity index (χ3v) is 4.26. The number of hydrogen-bond donors (Lipinski definition) is 1. The van der Waals surface area contributed by atoms with Crippen molar-refractivity contribution in [3.63, 3.8) is 0 Å². The van der Waals surface area contributed by atoms with Crippen LogP contribution in [-0.2, 0) is 11.2 Å². The van der Waals surface area contributed by atoms with Crippen LogP contribution in [0.2, 0.25) is 0 Å². The van der Waals surface area contributed by atoms with Gasteiger partial charge in [0.05, 0.1) is 6.54 Å². The molecule has 4 nitrogen and oxygen atoms in total. The van der Waals surface area contributed by atoms with E-state index in [2.05, 4.69) is 5.32 Å². The second kappa shape index (κ2) is 6.28. The Morgan fingerprint density at radius 1 is 1.30 bits per heavy atom. The lowest BCUT2D eigenvalue weighted by molar-refractivity contribution is -0.117. The molecule has 0 fully saturated rings. The van der Waals surface area contributed by atoms with E-state index >= 15 is 0 Å². The summed E-state index contributed by atoms with van der Waals surface area (Å²) in [5.74, 6) is -0.214. The predicted molar refractivity (Wildman–Crippen MR) is 91.7 cm³/mol. The van der Waals surface area contributed by atoms with E-state index in [0.29, 0.717) is 6.54 Å². The summed E-state index contributed by atoms with van der Waals surface area (Å²) in [6, 6.07) is 12.5. The smallest absolute Gasteiger partial charge is 0.246 e. The van der Waals surface area contributed by atoms with E-state index in [-0.39, 0.29) is 11.7 Å². The van der Waals surface area contributed by atoms with Crippen molar-refractivity contribution in [1.29, 1.82) is 0 Å². The molecule has 1 heterocycles. The minimum atomic E-state index is -0.224. The van der Waals surface area contributed by atoms with E-state index < -0.39 is 0 Å². The Morgan fingerprint density at radius 3 is 2.91 bits per heavy atom. The molecular weight excluding hydrogens is 293 g/mol. The van der Waals surface area contributed by atoms with Crippen LogP contribution in [0.1, 0.15) is 5.56 Å². The molecule has 1 aliphatic heterocycles. The highest BCUT2D eigenvalue weighted by Crippen LogP contribution is 2.28. The van der Waals surface area contributed by atoms with E-state index in [1.54, 1.807) is 24.1 Å². The quantitative estimate of drug-likeness (QED) is 0.943. The molecule has 2 aromatic rings. The lowest BCUT2D eigenvalue weighted by Crippen LogP contribution is -2.37. The molecule has 1 amide bonds. The number of fused-ring (bicyclic) bond motifs is 1. The van der Waals surface area contributed by atoms with Gasteiger partial charge in [-0.3, -0.25) is 4.79 Å². The van der Waals surface area contributed by atoms with Crippen molar-refractivity contribution in [2.75, 3.05) is 42.3 Å². The fourth-order valence-electron chi connectivity index (χ4n) is 2.89. The van der Waals surface area contributed by atoms with Crippen LogP contribution >= 0.6 is 0 Å². The lowest BCUT2D eigenvalue weighted by Gasteiger charge is -2.24. The van der Waals surface area contributed by atoms with Crippen LogP contribution in [0.15, 0.2) is 42.5 Å². The average molecular weight is 313 g/mol. The fourth-order valence-corrected chi connectivity index (χ4v) is 2.89. The number of benzene rings is 2. The van der Waals surface area contributed by atoms with Crippen LogP contribution in [0.25, 0.3) is 0 Å². The summed E-state index contributed by atoms with van der Waals surface area (Å²) in [5.41, 5.74) is 3.74. The third-order valence-electron chi connectivity index (χ3n) is 4.26. The zero-order chi connectivity index (χ0) is 16.4. The molecule has 0 atom stereocenters. The summed E-state index contributed by atoms with van der Waals surface area (Å²) in [7, 11) is 3.62. The lowest BCUT2D eigenvalue weighted by atomic mass is 10.2. The van der Waals surface area contributed by atoms with Crippen LogP contribution in [0.5, 0.6) is 0 Å². The number of carbonyl (C=O) groups excluding carboxylic acids is 1. The molecule has 0 unspecified atom stereocenters. The molecule has 0 saturated heterocycles. The zero-order valence-electron chi connectivity index (χ0n) is 13.3. The Bertz CT molecular complexity index is 732. The highest BCUT2D eigenvalue weighted by Gasteiger charge is 2.23. The second-order valence-electron chi connectivity index (χ2n) is 5.70. The zero-order valence-corrected chi connectivity index (χ0v) is 13.3. The number of likely N-dealkylation sites (N-methyl/N-ethyl adjacent to an activating group) is 1. The number of hydrogen-bond acceptors (Lipinski definition) is 3. The van der Waals surface area contributed by atoms with Crippen LogP contribution in [0.3, 0.4) is 0 Å². The Kier molecular flexibility index (Phi) is 4.19. The van der Waals surface area contributed by atoms with Crippen molar-refractivity contribution in [2.24, 2.45) is 0 Å². The summed E-state index contributed by atoms with van der Waals surface area (Å²) >= 11 is 0. The van der Waals surface area contributed by atoms with Crippen molar-refractivity contribution < 1.29 is 9.18 Å². The Labute approximate surface area is 135 Å². The molecule has 0 spiro atoms. The molecule has 0 aliphatic carbocycles. The number of carbonyl (C=O) groups is 1. The maximum atomic E-state index is 13.3. The van der Waals surface area contributed by atoms with Gasteiger partial charge >= 0.3 is 0 Å². The van der Waals surface area contributed by atoms with Crippen LogP contribution in [-0.4, -0.2) is 33.1 Å². The number of nitrogens with one attached hydrogen (secondary N) is 1. The van der Waals surface area contributed by atoms with Crippen LogP contribution < -0.4 is 15.1 Å². The first kappa shape index (κ1) is 15.3. The van der Waals surface area contributed by atoms with Crippen molar-refractivity contribution in [3.05, 3.63) is 53.8 Å². The largest absolute Gasteiger partial charge is 0.388 e. The van der Waals surface area contributed by atoms with Crippen molar-refractivity contribution in [1.82, 2.24) is 0 Å². The van der Waals surface area contributed by atoms with Gasteiger partial charge in [-0.05, 0) is 48.4 Å². The molecule has 0 radical (unpaired) electrons. The van der Waals surface area contributed by atoms with E-state index in [1.165, 1.54) is 6.07 Å². The molecule has 5 heteroatoms. The Morgan fingerprint density at radius 2 is 2.13 bits per heavy atom. The summed E-state index contributed by atoms with van der Waals surface area (Å²) < 4.78 is 13.3. The summed E-state index contributed by atoms with van der Waals surface area (Å²) in [6.45, 7) is 1.04. The van der Waals surface area contributed by atoms with Gasteiger partial charge in [-0.1, -0.05) is 6.07 Å². The highest BCUT2D eigenvalue weighted by atomic mass is 19.1. The van der Waals surface area contributed by atoms with Gasteiger partial charge in [0.25, 0.3) is 0 Å². The molecule has 0 saturated carbocycles. The molecule has 23 heavy (non-hydrogen) atoms. The van der Waals surface area contributed by atoms with E-state index in [9.17, 15) is 9.18 Å². The first-order valence-corrected chi connectivity index (χ1v) is 7.66. The Balaban J connectivity index is 1.73. The summed E-state index contributed by atoms with van der Waals surface area (Å²) in [6.07, 6.45) is 0.777. The molecule has 0 aromatic heterocycles. The average Bonchev–Trinajstić information content (AvgIpc) is 2.96. The summed E-state index contributed by atoms with van der Waals surface area (Å²) in [4.78, 5) is 16.2. The normalized spacial score (nSPS) is 12.9. The first-order chi connectivity index (χ1) is 11.1. The second-order valence-corrected chi connectivity index (χ2v) is 5.70. The van der Waals surface area contributed by atoms with Gasteiger partial charge in [-0.2, -0.15) is 0 Å². The maximum Gasteiger partial charge on any atom is 0.246 e. The van der Waals surface area contributed by atoms with Gasteiger partial charge in [0, 0.05) is 37.7 Å². The molecule has 1 N–H and O–H groups in total. The van der Waals surface area contributed by atoms with Gasteiger partial charge < -0.3 is 15.1 Å². The van der Waals surface area contributed by atoms with Gasteiger partial charge in [0.15, 0.2) is 0 Å². The molecule has 1 aliphatic rings. The van der Waals surface area contributed by atoms with Crippen molar-refractivity contribution in [3.8, 4) is 0 Å². The topological polar surface area (TPSA) is 35.6 Å². The third kappa shape index (κ3) is 3.13. The van der Waals surface area contributed by atoms with Crippen LogP contribution in [0.4, 0.5) is 21.5 Å². The van der Waals surface area contributed by atoms with Gasteiger partial charge in [0.1, 0.15) is 5.82 Å². The Hall–Kier alpha value is -2.56. The fraction of sp³-hybridized carbons (Fsp3) is 0.278. The minimum absolute atomic E-state index is 0.00966. The molecule has 3 rings (SSSR count). The monoisotopic (exact) mass is 313 g/mol. The standard InChI is InChI=1S/C18H20FN3O/c1-20-15-4-3-5-16(11-15)21(2)18(23)12-22-9-8-13-10-14(19)6-7-17(13)22/h3-7,10-11,20H,8-9,12H2,1-2H3. The number of rotatable bonds is 4. The predicted octanol–water partition coefficient (Wildman–Crippen LogP) is 2.89. The van der Waals surface area contributed by atoms with Gasteiger partial charge in [-0.15, -0.1) is 0 Å². The number of amides is 1. The molecule has 2 aromatic carbocycles. The van der Waals surface area contributed by atoms with E-state index in [0.717, 1.165) is 35.6 Å². The van der Waals surface area contributed by atoms with Crippen molar-refractivity contribution in [2.45, 2.75) is 6.42 Å². The van der Waals surface area contributed by atoms with Gasteiger partial charge in [-0.25, -0.2) is 4.39 Å². The van der Waals surface area contributed by atoms with E-state index in [1.807, 2.05) is 36.2 Å². The number of nitrogens with zero attached hydrogens (tertiary/aromatic N) is 2. The van der Waals surface area contributed by atoms with Crippen LogP contribution in [0, 0.1) is 5.82 Å². The SMILES string of the molecule is CNc1cccc(N(C)C(=O)CN2CCc3cc(F)ccc32)c1. The molecule has 120 valence electrons. The molecule has 0 bridgehead atoms. The maximum absolute atomic E-state index is 13.3. The summed E-state index contributed by atoms with van der Waals surface area (Å²) in [5, 5.41) is 3.07.